The molecule has 3 rings (SSSR count). The summed E-state index contributed by atoms with van der Waals surface area (Å²) in [5.41, 5.74) is 8.11. The minimum Gasteiger partial charge on any atom is -0.381 e. The van der Waals surface area contributed by atoms with Crippen molar-refractivity contribution in [1.82, 2.24) is 4.98 Å². The first-order chi connectivity index (χ1) is 8.28. The number of para-hydroxylation sites is 1. The molecule has 96 valence electrons. The van der Waals surface area contributed by atoms with E-state index in [4.69, 9.17) is 15.5 Å². The molecule has 1 saturated heterocycles. The fourth-order valence-electron chi connectivity index (χ4n) is 2.34. The number of halogens is 1. The van der Waals surface area contributed by atoms with E-state index in [1.54, 1.807) is 0 Å². The molecule has 0 bridgehead atoms. The van der Waals surface area contributed by atoms with Crippen molar-refractivity contribution in [3.8, 4) is 0 Å². The van der Waals surface area contributed by atoms with Crippen LogP contribution in [0.25, 0.3) is 10.9 Å². The van der Waals surface area contributed by atoms with Gasteiger partial charge in [0.2, 0.25) is 0 Å². The normalized spacial score (nSPS) is 18.3. The Morgan fingerprint density at radius 2 is 1.78 bits per heavy atom. The van der Waals surface area contributed by atoms with Gasteiger partial charge in [0.15, 0.2) is 0 Å². The lowest BCUT2D eigenvalue weighted by molar-refractivity contribution is 0.0509. The van der Waals surface area contributed by atoms with Gasteiger partial charge >= 0.3 is 0 Å². The van der Waals surface area contributed by atoms with Crippen LogP contribution in [-0.2, 0) is 10.3 Å². The van der Waals surface area contributed by atoms with Gasteiger partial charge in [-0.25, -0.2) is 0 Å². The highest BCUT2D eigenvalue weighted by Gasteiger charge is 2.31. The molecule has 3 nitrogen and oxygen atoms in total. The Kier molecular flexibility index (Phi) is 3.85. The summed E-state index contributed by atoms with van der Waals surface area (Å²) in [6, 6.07) is 12.3. The minimum absolute atomic E-state index is 0. The van der Waals surface area contributed by atoms with Crippen LogP contribution in [0.3, 0.4) is 0 Å². The van der Waals surface area contributed by atoms with Gasteiger partial charge in [0.25, 0.3) is 0 Å². The topological polar surface area (TPSA) is 48.1 Å². The molecule has 0 radical (unpaired) electrons. The van der Waals surface area contributed by atoms with Crippen molar-refractivity contribution in [2.45, 2.75) is 18.4 Å². The number of pyridine rings is 1. The molecule has 1 fully saturated rings. The molecule has 0 atom stereocenters. The van der Waals surface area contributed by atoms with Crippen LogP contribution in [0.5, 0.6) is 0 Å². The Morgan fingerprint density at radius 1 is 1.06 bits per heavy atom. The predicted octanol–water partition coefficient (Wildman–Crippen LogP) is 2.62. The van der Waals surface area contributed by atoms with E-state index in [0.29, 0.717) is 0 Å². The summed E-state index contributed by atoms with van der Waals surface area (Å²) < 4.78 is 5.37. The van der Waals surface area contributed by atoms with E-state index in [9.17, 15) is 0 Å². The van der Waals surface area contributed by atoms with Crippen molar-refractivity contribution in [3.05, 3.63) is 42.1 Å². The van der Waals surface area contributed by atoms with Crippen molar-refractivity contribution in [3.63, 3.8) is 0 Å². The summed E-state index contributed by atoms with van der Waals surface area (Å²) in [5.74, 6) is 0. The number of nitrogens with two attached hydrogens (primary N) is 1. The maximum atomic E-state index is 6.43. The summed E-state index contributed by atoms with van der Waals surface area (Å²) in [5, 5.41) is 1.16. The fourth-order valence-corrected chi connectivity index (χ4v) is 2.34. The molecule has 2 aromatic rings. The largest absolute Gasteiger partial charge is 0.381 e. The van der Waals surface area contributed by atoms with E-state index in [1.807, 2.05) is 24.3 Å². The van der Waals surface area contributed by atoms with Gasteiger partial charge in [-0.3, -0.25) is 4.98 Å². The standard InChI is InChI=1S/C14H16N2O.ClH/c15-14(7-9-17-10-8-14)13-6-5-11-3-1-2-4-12(11)16-13;/h1-6H,7-10,15H2;1H. The zero-order valence-electron chi connectivity index (χ0n) is 10.1. The van der Waals surface area contributed by atoms with Gasteiger partial charge in [-0.15, -0.1) is 12.4 Å². The molecule has 0 aliphatic carbocycles. The Labute approximate surface area is 113 Å². The van der Waals surface area contributed by atoms with Crippen LogP contribution in [0, 0.1) is 0 Å². The molecule has 0 amide bonds. The van der Waals surface area contributed by atoms with E-state index < -0.39 is 0 Å². The molecule has 0 spiro atoms. The molecular formula is C14H17ClN2O. The summed E-state index contributed by atoms with van der Waals surface area (Å²) >= 11 is 0. The number of benzene rings is 1. The van der Waals surface area contributed by atoms with Crippen molar-refractivity contribution < 1.29 is 4.74 Å². The molecule has 18 heavy (non-hydrogen) atoms. The predicted molar refractivity (Wildman–Crippen MR) is 74.9 cm³/mol. The average Bonchev–Trinajstić information content (AvgIpc) is 2.39. The summed E-state index contributed by atoms with van der Waals surface area (Å²) in [6.45, 7) is 1.45. The minimum atomic E-state index is -0.317. The van der Waals surface area contributed by atoms with Gasteiger partial charge < -0.3 is 10.5 Å². The highest BCUT2D eigenvalue weighted by atomic mass is 35.5. The lowest BCUT2D eigenvalue weighted by atomic mass is 9.87. The molecule has 0 saturated carbocycles. The molecule has 4 heteroatoms. The highest BCUT2D eigenvalue weighted by molar-refractivity contribution is 5.85. The number of hydrogen-bond donors (Lipinski definition) is 1. The van der Waals surface area contributed by atoms with Crippen molar-refractivity contribution in [1.29, 1.82) is 0 Å². The number of nitrogens with zero attached hydrogens (tertiary/aromatic N) is 1. The zero-order chi connectivity index (χ0) is 11.7. The third kappa shape index (κ3) is 2.34. The number of rotatable bonds is 1. The SMILES string of the molecule is Cl.NC1(c2ccc3ccccc3n2)CCOCC1. The van der Waals surface area contributed by atoms with Gasteiger partial charge in [-0.05, 0) is 25.0 Å². The molecule has 1 aliphatic rings. The van der Waals surface area contributed by atoms with Gasteiger partial charge in [0, 0.05) is 18.6 Å². The van der Waals surface area contributed by atoms with Crippen LogP contribution in [-0.4, -0.2) is 18.2 Å². The molecule has 1 aromatic carbocycles. The first-order valence-electron chi connectivity index (χ1n) is 6.01. The van der Waals surface area contributed by atoms with Crippen LogP contribution in [0.1, 0.15) is 18.5 Å². The number of hydrogen-bond acceptors (Lipinski definition) is 3. The van der Waals surface area contributed by atoms with E-state index in [1.165, 1.54) is 0 Å². The maximum Gasteiger partial charge on any atom is 0.0706 e. The van der Waals surface area contributed by atoms with E-state index in [0.717, 1.165) is 42.7 Å². The summed E-state index contributed by atoms with van der Waals surface area (Å²) in [4.78, 5) is 4.69. The molecule has 1 aliphatic heterocycles. The van der Waals surface area contributed by atoms with Crippen LogP contribution in [0.15, 0.2) is 36.4 Å². The molecule has 2 heterocycles. The van der Waals surface area contributed by atoms with E-state index >= 15 is 0 Å². The first kappa shape index (κ1) is 13.3. The quantitative estimate of drug-likeness (QED) is 0.861. The van der Waals surface area contributed by atoms with Crippen molar-refractivity contribution >= 4 is 23.3 Å². The zero-order valence-corrected chi connectivity index (χ0v) is 11.0. The summed E-state index contributed by atoms with van der Waals surface area (Å²) in [6.07, 6.45) is 1.69. The van der Waals surface area contributed by atoms with Gasteiger partial charge in [0.05, 0.1) is 16.7 Å². The average molecular weight is 265 g/mol. The van der Waals surface area contributed by atoms with Crippen LogP contribution in [0.2, 0.25) is 0 Å². The second-order valence-corrected chi connectivity index (χ2v) is 4.66. The Bertz CT molecular complexity index is 538. The Hall–Kier alpha value is -1.16. The third-order valence-electron chi connectivity index (χ3n) is 3.49. The second kappa shape index (κ2) is 5.22. The smallest absolute Gasteiger partial charge is 0.0706 e. The number of ether oxygens (including phenoxy) is 1. The first-order valence-corrected chi connectivity index (χ1v) is 6.01. The number of aromatic nitrogens is 1. The Balaban J connectivity index is 0.00000120. The highest BCUT2D eigenvalue weighted by Crippen LogP contribution is 2.29. The second-order valence-electron chi connectivity index (χ2n) is 4.66. The van der Waals surface area contributed by atoms with Crippen molar-refractivity contribution in [2.75, 3.05) is 13.2 Å². The fraction of sp³-hybridized carbons (Fsp3) is 0.357. The molecule has 1 aromatic heterocycles. The summed E-state index contributed by atoms with van der Waals surface area (Å²) in [7, 11) is 0. The van der Waals surface area contributed by atoms with Crippen LogP contribution < -0.4 is 5.73 Å². The number of fused-ring (bicyclic) bond motifs is 1. The molecule has 0 unspecified atom stereocenters. The van der Waals surface area contributed by atoms with Crippen molar-refractivity contribution in [2.24, 2.45) is 5.73 Å². The van der Waals surface area contributed by atoms with E-state index in [2.05, 4.69) is 12.1 Å². The van der Waals surface area contributed by atoms with Gasteiger partial charge in [0.1, 0.15) is 0 Å². The third-order valence-corrected chi connectivity index (χ3v) is 3.49. The van der Waals surface area contributed by atoms with Crippen LogP contribution in [0.4, 0.5) is 0 Å². The maximum absolute atomic E-state index is 6.43. The lowest BCUT2D eigenvalue weighted by Crippen LogP contribution is -2.42. The van der Waals surface area contributed by atoms with Gasteiger partial charge in [-0.1, -0.05) is 24.3 Å². The van der Waals surface area contributed by atoms with Gasteiger partial charge in [-0.2, -0.15) is 0 Å². The Morgan fingerprint density at radius 3 is 2.56 bits per heavy atom. The lowest BCUT2D eigenvalue weighted by Gasteiger charge is -2.32. The monoisotopic (exact) mass is 264 g/mol. The van der Waals surface area contributed by atoms with Crippen LogP contribution >= 0.6 is 12.4 Å². The van der Waals surface area contributed by atoms with E-state index in [-0.39, 0.29) is 17.9 Å². The molecule has 2 N–H and O–H groups in total. The molecular weight excluding hydrogens is 248 g/mol.